The number of rotatable bonds is 10. The first-order valence-corrected chi connectivity index (χ1v) is 9.44. The standard InChI is InChI=1S/C9H24N2O7P2/c1-3-4-5-7-11(2)8-6-9(12,19(13,14)15)20(16,17)18-10/h12H,3-8H2,1-2,10H3,(H2-,13,14,15,16,17)/p+1. The number of nitrogens with zero attached hydrogens (tertiary/aromatic N) is 1. The van der Waals surface area contributed by atoms with Crippen LogP contribution in [0.5, 0.6) is 0 Å². The summed E-state index contributed by atoms with van der Waals surface area (Å²) in [6.45, 7) is 2.74. The lowest BCUT2D eigenvalue weighted by Gasteiger charge is -2.31. The molecule has 2 atom stereocenters. The van der Waals surface area contributed by atoms with E-state index in [0.29, 0.717) is 6.54 Å². The van der Waals surface area contributed by atoms with Crippen molar-refractivity contribution < 1.29 is 39.4 Å². The van der Waals surface area contributed by atoms with E-state index in [-0.39, 0.29) is 6.54 Å². The molecule has 0 aromatic rings. The van der Waals surface area contributed by atoms with E-state index in [2.05, 4.69) is 10.5 Å². The highest BCUT2D eigenvalue weighted by Gasteiger charge is 2.61. The highest BCUT2D eigenvalue weighted by Crippen LogP contribution is 2.70. The van der Waals surface area contributed by atoms with Gasteiger partial charge in [0.1, 0.15) is 0 Å². The highest BCUT2D eigenvalue weighted by molar-refractivity contribution is 7.72. The Morgan fingerprint density at radius 1 is 1.20 bits per heavy atom. The summed E-state index contributed by atoms with van der Waals surface area (Å²) in [6, 6.07) is 0. The van der Waals surface area contributed by atoms with Gasteiger partial charge >= 0.3 is 15.2 Å². The van der Waals surface area contributed by atoms with Crippen LogP contribution in [0, 0.1) is 0 Å². The second-order valence-electron chi connectivity index (χ2n) is 4.73. The zero-order valence-electron chi connectivity index (χ0n) is 11.8. The van der Waals surface area contributed by atoms with Crippen LogP contribution in [0.2, 0.25) is 0 Å². The Balaban J connectivity index is 4.79. The van der Waals surface area contributed by atoms with Crippen molar-refractivity contribution in [2.45, 2.75) is 37.7 Å². The maximum Gasteiger partial charge on any atom is 0.421 e. The maximum absolute atomic E-state index is 11.6. The van der Waals surface area contributed by atoms with E-state index < -0.39 is 26.7 Å². The Labute approximate surface area is 118 Å². The minimum absolute atomic E-state index is 0.0409. The molecule has 2 unspecified atom stereocenters. The average molecular weight is 335 g/mol. The number of unbranched alkanes of at least 4 members (excludes halogenated alkanes) is 2. The Hall–Kier alpha value is 0.180. The molecule has 0 heterocycles. The van der Waals surface area contributed by atoms with Crippen molar-refractivity contribution in [3.63, 3.8) is 0 Å². The van der Waals surface area contributed by atoms with E-state index in [4.69, 9.17) is 9.79 Å². The van der Waals surface area contributed by atoms with Crippen LogP contribution in [0.4, 0.5) is 0 Å². The second kappa shape index (κ2) is 7.98. The molecule has 20 heavy (non-hydrogen) atoms. The molecule has 0 saturated heterocycles. The summed E-state index contributed by atoms with van der Waals surface area (Å²) in [5.41, 5.74) is 0. The molecule has 122 valence electrons. The van der Waals surface area contributed by atoms with Crippen molar-refractivity contribution in [3.05, 3.63) is 0 Å². The fraction of sp³-hybridized carbons (Fsp3) is 1.00. The van der Waals surface area contributed by atoms with Gasteiger partial charge in [-0.25, -0.2) is 5.90 Å². The molecule has 0 aliphatic rings. The quantitative estimate of drug-likeness (QED) is 0.207. The van der Waals surface area contributed by atoms with Crippen LogP contribution in [0.1, 0.15) is 32.6 Å². The van der Waals surface area contributed by atoms with Crippen molar-refractivity contribution in [2.24, 2.45) is 0 Å². The molecule has 11 heteroatoms. The van der Waals surface area contributed by atoms with Crippen LogP contribution in [0.25, 0.3) is 0 Å². The zero-order chi connectivity index (χ0) is 16.0. The SMILES string of the molecule is CCCCCN(C)CCC(O)(P(=O)(O)O)P(=O)(O)O[NH3+]. The molecule has 7 N–H and O–H groups in total. The summed E-state index contributed by atoms with van der Waals surface area (Å²) in [5.74, 6) is 2.69. The Morgan fingerprint density at radius 2 is 1.75 bits per heavy atom. The van der Waals surface area contributed by atoms with E-state index in [1.54, 1.807) is 11.9 Å². The van der Waals surface area contributed by atoms with E-state index in [1.165, 1.54) is 0 Å². The van der Waals surface area contributed by atoms with Crippen molar-refractivity contribution in [3.8, 4) is 0 Å². The first kappa shape index (κ1) is 20.2. The summed E-state index contributed by atoms with van der Waals surface area (Å²) in [6.07, 6.45) is 2.34. The Bertz CT molecular complexity index is 388. The van der Waals surface area contributed by atoms with Gasteiger partial charge in [-0.3, -0.25) is 9.13 Å². The molecular weight excluding hydrogens is 310 g/mol. The van der Waals surface area contributed by atoms with Gasteiger partial charge in [0.15, 0.2) is 0 Å². The number of aliphatic hydroxyl groups is 1. The molecule has 0 radical (unpaired) electrons. The van der Waals surface area contributed by atoms with E-state index in [9.17, 15) is 19.1 Å². The first-order valence-electron chi connectivity index (χ1n) is 6.25. The van der Waals surface area contributed by atoms with Gasteiger partial charge in [-0.05, 0) is 20.0 Å². The van der Waals surface area contributed by atoms with Gasteiger partial charge < -0.3 is 24.7 Å². The summed E-state index contributed by atoms with van der Waals surface area (Å²) < 4.78 is 26.9. The van der Waals surface area contributed by atoms with Crippen LogP contribution in [0.15, 0.2) is 0 Å². The van der Waals surface area contributed by atoms with E-state index >= 15 is 0 Å². The molecule has 0 rings (SSSR count). The molecule has 0 fully saturated rings. The van der Waals surface area contributed by atoms with Crippen molar-refractivity contribution in [1.29, 1.82) is 0 Å². The summed E-state index contributed by atoms with van der Waals surface area (Å²) in [4.78, 5) is 29.4. The van der Waals surface area contributed by atoms with Crippen LogP contribution in [-0.4, -0.2) is 49.9 Å². The summed E-state index contributed by atoms with van der Waals surface area (Å²) >= 11 is 0. The molecule has 0 aromatic heterocycles. The highest BCUT2D eigenvalue weighted by atomic mass is 31.2. The Morgan fingerprint density at radius 3 is 2.15 bits per heavy atom. The monoisotopic (exact) mass is 335 g/mol. The van der Waals surface area contributed by atoms with Gasteiger partial charge in [0.2, 0.25) is 0 Å². The second-order valence-corrected chi connectivity index (χ2v) is 8.95. The summed E-state index contributed by atoms with van der Waals surface area (Å²) in [7, 11) is -8.52. The number of hydrogen-bond donors (Lipinski definition) is 5. The third-order valence-electron chi connectivity index (χ3n) is 3.07. The maximum atomic E-state index is 11.6. The largest absolute Gasteiger partial charge is 0.421 e. The van der Waals surface area contributed by atoms with Crippen LogP contribution < -0.4 is 5.90 Å². The van der Waals surface area contributed by atoms with Crippen molar-refractivity contribution in [2.75, 3.05) is 20.1 Å². The predicted octanol–water partition coefficient (Wildman–Crippen LogP) is -0.319. The number of hydrogen-bond acceptors (Lipinski definition) is 5. The zero-order valence-corrected chi connectivity index (χ0v) is 13.6. The molecule has 0 spiro atoms. The van der Waals surface area contributed by atoms with Gasteiger partial charge in [-0.1, -0.05) is 19.8 Å². The van der Waals surface area contributed by atoms with Gasteiger partial charge in [-0.15, -0.1) is 4.62 Å². The molecule has 0 aliphatic carbocycles. The lowest BCUT2D eigenvalue weighted by atomic mass is 10.2. The minimum atomic E-state index is -5.26. The Kier molecular flexibility index (Phi) is 8.05. The third-order valence-corrected chi connectivity index (χ3v) is 7.24. The fourth-order valence-electron chi connectivity index (χ4n) is 1.64. The fourth-order valence-corrected chi connectivity index (χ4v) is 4.11. The molecule has 0 bridgehead atoms. The van der Waals surface area contributed by atoms with Crippen molar-refractivity contribution >= 4 is 15.2 Å². The smallest absolute Gasteiger partial charge is 0.367 e. The van der Waals surface area contributed by atoms with E-state index in [0.717, 1.165) is 19.3 Å². The van der Waals surface area contributed by atoms with Crippen molar-refractivity contribution in [1.82, 2.24) is 4.90 Å². The number of quaternary nitrogens is 1. The molecule has 9 nitrogen and oxygen atoms in total. The minimum Gasteiger partial charge on any atom is -0.367 e. The molecule has 0 aromatic carbocycles. The lowest BCUT2D eigenvalue weighted by molar-refractivity contribution is -0.641. The molecule has 0 amide bonds. The van der Waals surface area contributed by atoms with Crippen LogP contribution >= 0.6 is 15.2 Å². The first-order chi connectivity index (χ1) is 9.02. The molecule has 0 saturated carbocycles. The topological polar surface area (TPSA) is 155 Å². The predicted molar refractivity (Wildman–Crippen MR) is 72.4 cm³/mol. The van der Waals surface area contributed by atoms with Crippen LogP contribution in [0.3, 0.4) is 0 Å². The van der Waals surface area contributed by atoms with Gasteiger partial charge in [-0.2, -0.15) is 0 Å². The molecular formula is C9H25N2O7P2+. The third kappa shape index (κ3) is 5.18. The van der Waals surface area contributed by atoms with Gasteiger partial charge in [0.05, 0.1) is 0 Å². The summed E-state index contributed by atoms with van der Waals surface area (Å²) in [5, 5.41) is 6.79. The van der Waals surface area contributed by atoms with Gasteiger partial charge in [0, 0.05) is 13.0 Å². The van der Waals surface area contributed by atoms with Gasteiger partial charge in [0.25, 0.3) is 5.08 Å². The molecule has 0 aliphatic heterocycles. The normalized spacial score (nSPS) is 18.8. The lowest BCUT2D eigenvalue weighted by Crippen LogP contribution is -2.50. The van der Waals surface area contributed by atoms with E-state index in [1.807, 2.05) is 6.92 Å². The van der Waals surface area contributed by atoms with Crippen LogP contribution in [-0.2, 0) is 13.8 Å². The average Bonchev–Trinajstić information content (AvgIpc) is 2.34.